The standard InChI is InChI=1S/C10H12BrNO6S/c1-6-5-17-3-2-12(6)19(15,16)8-4-7(10(13)14)18-9(8)11/h4,6H,2-3,5H2,1H3,(H,13,14). The molecule has 0 aliphatic carbocycles. The van der Waals surface area contributed by atoms with Gasteiger partial charge < -0.3 is 14.3 Å². The third kappa shape index (κ3) is 2.69. The van der Waals surface area contributed by atoms with E-state index in [0.717, 1.165) is 6.07 Å². The second-order valence-corrected chi connectivity index (χ2v) is 6.67. The van der Waals surface area contributed by atoms with Crippen molar-refractivity contribution in [1.29, 1.82) is 0 Å². The van der Waals surface area contributed by atoms with Gasteiger partial charge in [-0.1, -0.05) is 0 Å². The molecule has 1 fully saturated rings. The predicted octanol–water partition coefficient (Wildman–Crippen LogP) is 1.15. The number of morpholine rings is 1. The van der Waals surface area contributed by atoms with Crippen LogP contribution in [0.15, 0.2) is 20.0 Å². The van der Waals surface area contributed by atoms with E-state index in [2.05, 4.69) is 15.9 Å². The third-order valence-electron chi connectivity index (χ3n) is 2.76. The SMILES string of the molecule is CC1COCCN1S(=O)(=O)c1cc(C(=O)O)oc1Br. The van der Waals surface area contributed by atoms with Crippen LogP contribution in [-0.2, 0) is 14.8 Å². The molecule has 2 rings (SSSR count). The highest BCUT2D eigenvalue weighted by molar-refractivity contribution is 9.10. The molecule has 1 atom stereocenters. The van der Waals surface area contributed by atoms with Gasteiger partial charge in [0, 0.05) is 18.7 Å². The number of hydrogen-bond donors (Lipinski definition) is 1. The number of hydrogen-bond acceptors (Lipinski definition) is 5. The van der Waals surface area contributed by atoms with Crippen LogP contribution in [0.4, 0.5) is 0 Å². The summed E-state index contributed by atoms with van der Waals surface area (Å²) < 4.78 is 36.1. The van der Waals surface area contributed by atoms with E-state index < -0.39 is 21.8 Å². The molecule has 9 heteroatoms. The van der Waals surface area contributed by atoms with Gasteiger partial charge in [0.25, 0.3) is 0 Å². The van der Waals surface area contributed by atoms with Crippen LogP contribution >= 0.6 is 15.9 Å². The number of rotatable bonds is 3. The van der Waals surface area contributed by atoms with E-state index in [9.17, 15) is 13.2 Å². The number of halogens is 1. The summed E-state index contributed by atoms with van der Waals surface area (Å²) in [5.41, 5.74) is 0. The fourth-order valence-electron chi connectivity index (χ4n) is 1.83. The van der Waals surface area contributed by atoms with Crippen molar-refractivity contribution in [3.8, 4) is 0 Å². The van der Waals surface area contributed by atoms with Gasteiger partial charge in [0.1, 0.15) is 4.90 Å². The van der Waals surface area contributed by atoms with Crippen molar-refractivity contribution in [2.24, 2.45) is 0 Å². The average molecular weight is 354 g/mol. The molecule has 0 saturated carbocycles. The van der Waals surface area contributed by atoms with Crippen LogP contribution in [0.25, 0.3) is 0 Å². The molecule has 2 heterocycles. The Labute approximate surface area is 118 Å². The van der Waals surface area contributed by atoms with Gasteiger partial charge in [-0.15, -0.1) is 0 Å². The maximum atomic E-state index is 12.4. The molecule has 0 amide bonds. The van der Waals surface area contributed by atoms with E-state index in [-0.39, 0.29) is 22.2 Å². The summed E-state index contributed by atoms with van der Waals surface area (Å²) in [7, 11) is -3.81. The van der Waals surface area contributed by atoms with Crippen molar-refractivity contribution in [2.45, 2.75) is 17.9 Å². The van der Waals surface area contributed by atoms with E-state index in [4.69, 9.17) is 14.3 Å². The van der Waals surface area contributed by atoms with Crippen LogP contribution in [0.5, 0.6) is 0 Å². The lowest BCUT2D eigenvalue weighted by Gasteiger charge is -2.31. The monoisotopic (exact) mass is 353 g/mol. The highest BCUT2D eigenvalue weighted by Crippen LogP contribution is 2.30. The molecule has 1 aliphatic heterocycles. The number of ether oxygens (including phenoxy) is 1. The molecule has 106 valence electrons. The number of carboxylic acid groups (broad SMARTS) is 1. The summed E-state index contributed by atoms with van der Waals surface area (Å²) in [6.45, 7) is 2.57. The Morgan fingerprint density at radius 1 is 1.58 bits per heavy atom. The van der Waals surface area contributed by atoms with Crippen LogP contribution in [0, 0.1) is 0 Å². The Balaban J connectivity index is 2.41. The van der Waals surface area contributed by atoms with E-state index in [0.29, 0.717) is 13.2 Å². The van der Waals surface area contributed by atoms with Gasteiger partial charge in [-0.2, -0.15) is 4.31 Å². The minimum Gasteiger partial charge on any atom is -0.475 e. The average Bonchev–Trinajstić information content (AvgIpc) is 2.72. The van der Waals surface area contributed by atoms with Gasteiger partial charge in [-0.25, -0.2) is 13.2 Å². The van der Waals surface area contributed by atoms with Gasteiger partial charge in [0.2, 0.25) is 15.8 Å². The summed E-state index contributed by atoms with van der Waals surface area (Å²) >= 11 is 2.94. The molecule has 1 saturated heterocycles. The van der Waals surface area contributed by atoms with Crippen LogP contribution < -0.4 is 0 Å². The molecule has 1 N–H and O–H groups in total. The van der Waals surface area contributed by atoms with Gasteiger partial charge >= 0.3 is 5.97 Å². The number of furan rings is 1. The molecule has 19 heavy (non-hydrogen) atoms. The summed E-state index contributed by atoms with van der Waals surface area (Å²) in [6, 6.07) is 0.693. The largest absolute Gasteiger partial charge is 0.475 e. The molecule has 1 aromatic heterocycles. The number of nitrogens with zero attached hydrogens (tertiary/aromatic N) is 1. The Hall–Kier alpha value is -0.900. The summed E-state index contributed by atoms with van der Waals surface area (Å²) in [5, 5.41) is 8.81. The smallest absolute Gasteiger partial charge is 0.371 e. The maximum absolute atomic E-state index is 12.4. The van der Waals surface area contributed by atoms with Crippen LogP contribution in [-0.4, -0.2) is 49.6 Å². The fraction of sp³-hybridized carbons (Fsp3) is 0.500. The first kappa shape index (κ1) is 14.5. The van der Waals surface area contributed by atoms with Gasteiger partial charge in [0.05, 0.1) is 13.2 Å². The van der Waals surface area contributed by atoms with Crippen molar-refractivity contribution >= 4 is 31.9 Å². The minimum absolute atomic E-state index is 0.108. The maximum Gasteiger partial charge on any atom is 0.371 e. The van der Waals surface area contributed by atoms with Crippen molar-refractivity contribution in [2.75, 3.05) is 19.8 Å². The lowest BCUT2D eigenvalue weighted by atomic mass is 10.3. The molecular weight excluding hydrogens is 342 g/mol. The quantitative estimate of drug-likeness (QED) is 0.875. The van der Waals surface area contributed by atoms with Crippen molar-refractivity contribution in [3.63, 3.8) is 0 Å². The normalized spacial score (nSPS) is 21.5. The molecule has 1 aromatic rings. The topological polar surface area (TPSA) is 97.0 Å². The number of carboxylic acids is 1. The van der Waals surface area contributed by atoms with Gasteiger partial charge in [-0.3, -0.25) is 0 Å². The first-order valence-corrected chi connectivity index (χ1v) is 7.69. The highest BCUT2D eigenvalue weighted by Gasteiger charge is 2.35. The third-order valence-corrected chi connectivity index (χ3v) is 5.63. The summed E-state index contributed by atoms with van der Waals surface area (Å²) in [5.74, 6) is -1.75. The van der Waals surface area contributed by atoms with Crippen molar-refractivity contribution in [3.05, 3.63) is 16.5 Å². The van der Waals surface area contributed by atoms with Gasteiger partial charge in [0.15, 0.2) is 4.67 Å². The van der Waals surface area contributed by atoms with E-state index in [1.165, 1.54) is 4.31 Å². The molecule has 0 radical (unpaired) electrons. The lowest BCUT2D eigenvalue weighted by Crippen LogP contribution is -2.46. The second-order valence-electron chi connectivity index (χ2n) is 4.09. The molecular formula is C10H12BrNO6S. The first-order valence-electron chi connectivity index (χ1n) is 5.46. The van der Waals surface area contributed by atoms with Crippen LogP contribution in [0.1, 0.15) is 17.5 Å². The molecule has 0 spiro atoms. The van der Waals surface area contributed by atoms with Crippen LogP contribution in [0.2, 0.25) is 0 Å². The predicted molar refractivity (Wildman–Crippen MR) is 67.5 cm³/mol. The molecule has 0 aromatic carbocycles. The van der Waals surface area contributed by atoms with E-state index in [1.54, 1.807) is 6.92 Å². The van der Waals surface area contributed by atoms with Crippen molar-refractivity contribution < 1.29 is 27.5 Å². The summed E-state index contributed by atoms with van der Waals surface area (Å²) in [6.07, 6.45) is 0. The molecule has 1 unspecified atom stereocenters. The van der Waals surface area contributed by atoms with E-state index >= 15 is 0 Å². The van der Waals surface area contributed by atoms with Gasteiger partial charge in [-0.05, 0) is 22.9 Å². The highest BCUT2D eigenvalue weighted by atomic mass is 79.9. The van der Waals surface area contributed by atoms with Crippen molar-refractivity contribution in [1.82, 2.24) is 4.31 Å². The second kappa shape index (κ2) is 5.23. The Kier molecular flexibility index (Phi) is 4.00. The zero-order chi connectivity index (χ0) is 14.2. The Bertz CT molecular complexity index is 595. The molecule has 1 aliphatic rings. The van der Waals surface area contributed by atoms with E-state index in [1.807, 2.05) is 0 Å². The number of carbonyl (C=O) groups is 1. The molecule has 7 nitrogen and oxygen atoms in total. The Morgan fingerprint density at radius 3 is 2.79 bits per heavy atom. The fourth-order valence-corrected chi connectivity index (χ4v) is 4.33. The number of sulfonamides is 1. The number of aromatic carboxylic acids is 1. The zero-order valence-corrected chi connectivity index (χ0v) is 12.4. The zero-order valence-electron chi connectivity index (χ0n) is 10.00. The first-order chi connectivity index (χ1) is 8.84. The minimum atomic E-state index is -3.81. The summed E-state index contributed by atoms with van der Waals surface area (Å²) in [4.78, 5) is 10.6. The molecule has 0 bridgehead atoms. The Morgan fingerprint density at radius 2 is 2.26 bits per heavy atom. The van der Waals surface area contributed by atoms with Crippen LogP contribution in [0.3, 0.4) is 0 Å². The lowest BCUT2D eigenvalue weighted by molar-refractivity contribution is 0.0392.